The molecule has 0 unspecified atom stereocenters. The highest BCUT2D eigenvalue weighted by atomic mass is 16.3. The summed E-state index contributed by atoms with van der Waals surface area (Å²) in [6, 6.07) is 11.0. The van der Waals surface area contributed by atoms with Crippen molar-refractivity contribution in [2.45, 2.75) is 26.2 Å². The maximum Gasteiger partial charge on any atom is 0.172 e. The molecule has 112 valence electrons. The molecular formula is C17H17N3O2. The summed E-state index contributed by atoms with van der Waals surface area (Å²) in [5.74, 6) is 0.227. The predicted molar refractivity (Wildman–Crippen MR) is 84.5 cm³/mol. The second kappa shape index (κ2) is 5.97. The predicted octanol–water partition coefficient (Wildman–Crippen LogP) is 3.28. The highest BCUT2D eigenvalue weighted by molar-refractivity contribution is 5.94. The number of nitrogens with zero attached hydrogens (tertiary/aromatic N) is 3. The molecule has 3 rings (SSSR count). The molecule has 5 heteroatoms. The lowest BCUT2D eigenvalue weighted by Gasteiger charge is -2.10. The van der Waals surface area contributed by atoms with Crippen molar-refractivity contribution in [1.82, 2.24) is 15.0 Å². The van der Waals surface area contributed by atoms with Gasteiger partial charge in [-0.3, -0.25) is 4.79 Å². The number of fused-ring (bicyclic) bond motifs is 1. The first-order valence-electron chi connectivity index (χ1n) is 7.37. The summed E-state index contributed by atoms with van der Waals surface area (Å²) >= 11 is 0. The fourth-order valence-electron chi connectivity index (χ4n) is 2.64. The zero-order valence-electron chi connectivity index (χ0n) is 12.4. The third kappa shape index (κ3) is 2.35. The van der Waals surface area contributed by atoms with Crippen LogP contribution in [0.2, 0.25) is 0 Å². The summed E-state index contributed by atoms with van der Waals surface area (Å²) in [7, 11) is 0. The highest BCUT2D eigenvalue weighted by Gasteiger charge is 2.15. The molecule has 0 radical (unpaired) electrons. The molecule has 0 atom stereocenters. The molecule has 3 aromatic rings. The van der Waals surface area contributed by atoms with Crippen LogP contribution in [0, 0.1) is 0 Å². The molecule has 0 saturated heterocycles. The Morgan fingerprint density at radius 3 is 2.73 bits per heavy atom. The Balaban J connectivity index is 2.21. The van der Waals surface area contributed by atoms with Crippen LogP contribution in [0.3, 0.4) is 0 Å². The van der Waals surface area contributed by atoms with Gasteiger partial charge in [0.15, 0.2) is 6.29 Å². The van der Waals surface area contributed by atoms with E-state index in [0.717, 1.165) is 47.7 Å². The number of aromatic hydroxyl groups is 1. The molecule has 1 N–H and O–H groups in total. The fourth-order valence-corrected chi connectivity index (χ4v) is 2.64. The van der Waals surface area contributed by atoms with Crippen LogP contribution >= 0.6 is 0 Å². The van der Waals surface area contributed by atoms with Gasteiger partial charge in [0.25, 0.3) is 0 Å². The molecule has 0 saturated carbocycles. The van der Waals surface area contributed by atoms with Crippen LogP contribution in [0.5, 0.6) is 5.75 Å². The van der Waals surface area contributed by atoms with E-state index in [1.54, 1.807) is 16.8 Å². The van der Waals surface area contributed by atoms with E-state index >= 15 is 0 Å². The first-order chi connectivity index (χ1) is 10.8. The van der Waals surface area contributed by atoms with Gasteiger partial charge in [-0.25, -0.2) is 4.68 Å². The van der Waals surface area contributed by atoms with Crippen LogP contribution in [0.1, 0.15) is 35.9 Å². The Morgan fingerprint density at radius 1 is 1.18 bits per heavy atom. The van der Waals surface area contributed by atoms with Crippen molar-refractivity contribution in [3.63, 3.8) is 0 Å². The van der Waals surface area contributed by atoms with Gasteiger partial charge in [0.05, 0.1) is 11.4 Å². The second-order valence-corrected chi connectivity index (χ2v) is 5.20. The summed E-state index contributed by atoms with van der Waals surface area (Å²) in [5, 5.41) is 19.8. The zero-order chi connectivity index (χ0) is 15.5. The van der Waals surface area contributed by atoms with E-state index in [4.69, 9.17) is 0 Å². The lowest BCUT2D eigenvalue weighted by atomic mass is 10.1. The third-order valence-electron chi connectivity index (χ3n) is 3.78. The number of hydrogen-bond donors (Lipinski definition) is 1. The molecule has 0 bridgehead atoms. The minimum Gasteiger partial charge on any atom is -0.507 e. The standard InChI is InChI=1S/C17H17N3O2/c1-2-3-8-16-14(11-21)18-19-20(16)15-9-4-7-13-12(15)6-5-10-17(13)22/h4-7,9-11,22H,2-3,8H2,1H3. The normalized spacial score (nSPS) is 11.0. The summed E-state index contributed by atoms with van der Waals surface area (Å²) < 4.78 is 1.71. The Morgan fingerprint density at radius 2 is 1.95 bits per heavy atom. The first kappa shape index (κ1) is 14.3. The smallest absolute Gasteiger partial charge is 0.172 e. The average molecular weight is 295 g/mol. The van der Waals surface area contributed by atoms with Crippen LogP contribution in [-0.4, -0.2) is 26.4 Å². The van der Waals surface area contributed by atoms with Crippen molar-refractivity contribution in [3.8, 4) is 11.4 Å². The van der Waals surface area contributed by atoms with Gasteiger partial charge >= 0.3 is 0 Å². The Kier molecular flexibility index (Phi) is 3.87. The van der Waals surface area contributed by atoms with E-state index in [-0.39, 0.29) is 5.75 Å². The third-order valence-corrected chi connectivity index (χ3v) is 3.78. The minimum absolute atomic E-state index is 0.227. The first-order valence-corrected chi connectivity index (χ1v) is 7.37. The summed E-state index contributed by atoms with van der Waals surface area (Å²) in [6.45, 7) is 2.10. The molecule has 22 heavy (non-hydrogen) atoms. The molecule has 0 aliphatic rings. The number of phenolic OH excluding ortho intramolecular Hbond substituents is 1. The van der Waals surface area contributed by atoms with Gasteiger partial charge in [-0.15, -0.1) is 5.10 Å². The molecule has 0 aliphatic carbocycles. The number of carbonyl (C=O) groups is 1. The maximum absolute atomic E-state index is 11.2. The maximum atomic E-state index is 11.2. The fraction of sp³-hybridized carbons (Fsp3) is 0.235. The average Bonchev–Trinajstić information content (AvgIpc) is 2.95. The lowest BCUT2D eigenvalue weighted by molar-refractivity contribution is 0.111. The quantitative estimate of drug-likeness (QED) is 0.733. The molecule has 1 heterocycles. The Bertz CT molecular complexity index is 824. The van der Waals surface area contributed by atoms with Gasteiger partial charge in [-0.1, -0.05) is 42.8 Å². The van der Waals surface area contributed by atoms with E-state index < -0.39 is 0 Å². The van der Waals surface area contributed by atoms with Crippen LogP contribution in [0.4, 0.5) is 0 Å². The minimum atomic E-state index is 0.227. The van der Waals surface area contributed by atoms with E-state index in [0.29, 0.717) is 5.69 Å². The highest BCUT2D eigenvalue weighted by Crippen LogP contribution is 2.29. The van der Waals surface area contributed by atoms with E-state index in [2.05, 4.69) is 17.2 Å². The van der Waals surface area contributed by atoms with Crippen LogP contribution in [0.15, 0.2) is 36.4 Å². The molecule has 1 aromatic heterocycles. The SMILES string of the molecule is CCCCc1c(C=O)nnn1-c1cccc2c(O)cccc12. The van der Waals surface area contributed by atoms with Gasteiger partial charge in [-0.05, 0) is 25.0 Å². The van der Waals surface area contributed by atoms with E-state index in [1.807, 2.05) is 24.3 Å². The summed E-state index contributed by atoms with van der Waals surface area (Å²) in [6.07, 6.45) is 3.48. The van der Waals surface area contributed by atoms with Crippen molar-refractivity contribution < 1.29 is 9.90 Å². The van der Waals surface area contributed by atoms with Crippen LogP contribution in [0.25, 0.3) is 16.5 Å². The van der Waals surface area contributed by atoms with Crippen molar-refractivity contribution >= 4 is 17.1 Å². The Hall–Kier alpha value is -2.69. The van der Waals surface area contributed by atoms with E-state index in [1.165, 1.54) is 0 Å². The number of carbonyl (C=O) groups excluding carboxylic acids is 1. The van der Waals surface area contributed by atoms with Crippen molar-refractivity contribution in [1.29, 1.82) is 0 Å². The molecule has 5 nitrogen and oxygen atoms in total. The number of benzene rings is 2. The molecular weight excluding hydrogens is 278 g/mol. The number of unbranched alkanes of at least 4 members (excludes halogenated alkanes) is 1. The topological polar surface area (TPSA) is 68.0 Å². The van der Waals surface area contributed by atoms with Gasteiger partial charge in [-0.2, -0.15) is 0 Å². The number of hydrogen-bond acceptors (Lipinski definition) is 4. The Labute approximate surface area is 128 Å². The van der Waals surface area contributed by atoms with Crippen molar-refractivity contribution in [2.75, 3.05) is 0 Å². The summed E-state index contributed by atoms with van der Waals surface area (Å²) in [4.78, 5) is 11.2. The van der Waals surface area contributed by atoms with Crippen molar-refractivity contribution in [3.05, 3.63) is 47.8 Å². The van der Waals surface area contributed by atoms with Gasteiger partial charge < -0.3 is 5.11 Å². The summed E-state index contributed by atoms with van der Waals surface area (Å²) in [5.41, 5.74) is 2.01. The van der Waals surface area contributed by atoms with Gasteiger partial charge in [0.2, 0.25) is 0 Å². The number of phenols is 1. The molecule has 0 spiro atoms. The molecule has 2 aromatic carbocycles. The number of aromatic nitrogens is 3. The molecule has 0 amide bonds. The van der Waals surface area contributed by atoms with Crippen LogP contribution in [-0.2, 0) is 6.42 Å². The van der Waals surface area contributed by atoms with Crippen LogP contribution < -0.4 is 0 Å². The monoisotopic (exact) mass is 295 g/mol. The largest absolute Gasteiger partial charge is 0.507 e. The van der Waals surface area contributed by atoms with Gasteiger partial charge in [0, 0.05) is 10.8 Å². The second-order valence-electron chi connectivity index (χ2n) is 5.20. The zero-order valence-corrected chi connectivity index (χ0v) is 12.4. The van der Waals surface area contributed by atoms with Crippen molar-refractivity contribution in [2.24, 2.45) is 0 Å². The number of rotatable bonds is 5. The van der Waals surface area contributed by atoms with Gasteiger partial charge in [0.1, 0.15) is 11.4 Å². The molecule has 0 fully saturated rings. The van der Waals surface area contributed by atoms with E-state index in [9.17, 15) is 9.90 Å². The number of aldehydes is 1. The molecule has 0 aliphatic heterocycles. The lowest BCUT2D eigenvalue weighted by Crippen LogP contribution is -2.04.